The monoisotopic (exact) mass is 462 g/mol. The minimum atomic E-state index is -1.07. The molecule has 27 heavy (non-hydrogen) atoms. The first-order valence-corrected chi connectivity index (χ1v) is 10.8. The third-order valence-electron chi connectivity index (χ3n) is 3.88. The van der Waals surface area contributed by atoms with Gasteiger partial charge in [0, 0.05) is 0 Å². The van der Waals surface area contributed by atoms with Gasteiger partial charge < -0.3 is 0 Å². The van der Waals surface area contributed by atoms with Crippen LogP contribution in [0.1, 0.15) is 20.2 Å². The molecule has 0 bridgehead atoms. The van der Waals surface area contributed by atoms with Crippen molar-refractivity contribution in [3.8, 4) is 11.1 Å². The van der Waals surface area contributed by atoms with E-state index in [-0.39, 0.29) is 20.1 Å². The number of amides is 1. The quantitative estimate of drug-likeness (QED) is 0.434. The number of carboxylic acid groups (broad SMARTS) is 1. The Morgan fingerprint density at radius 3 is 2.56 bits per heavy atom. The van der Waals surface area contributed by atoms with Crippen molar-refractivity contribution in [2.24, 2.45) is 0 Å². The number of para-hydroxylation sites is 1. The van der Waals surface area contributed by atoms with Gasteiger partial charge in [0.05, 0.1) is 0 Å². The molecule has 0 saturated heterocycles. The maximum atomic E-state index is 12.6. The number of anilines is 1. The SMILES string of the molecule is O=C(Nc1[se]cc(-c2ccc(Cl)cc2)c1C(=O)O)c1nc2ccccc2s1. The van der Waals surface area contributed by atoms with E-state index in [1.54, 1.807) is 24.3 Å². The predicted molar refractivity (Wildman–Crippen MR) is 108 cm³/mol. The van der Waals surface area contributed by atoms with Gasteiger partial charge in [0.2, 0.25) is 0 Å². The van der Waals surface area contributed by atoms with Crippen LogP contribution in [0.2, 0.25) is 5.02 Å². The summed E-state index contributed by atoms with van der Waals surface area (Å²) in [7, 11) is 0. The van der Waals surface area contributed by atoms with Crippen molar-refractivity contribution in [2.45, 2.75) is 0 Å². The molecule has 4 aromatic rings. The standard InChI is InChI=1S/C19H11ClN2O3SSe/c20-11-7-5-10(6-8-11)12-9-27-18(15(12)19(24)25)22-16(23)17-21-13-3-1-2-4-14(13)26-17/h1-9H,(H,22,23)(H,24,25). The van der Waals surface area contributed by atoms with Gasteiger partial charge in [-0.2, -0.15) is 0 Å². The number of carbonyl (C=O) groups excluding carboxylic acids is 1. The Hall–Kier alpha value is -2.44. The summed E-state index contributed by atoms with van der Waals surface area (Å²) in [5.74, 6) is -1.47. The zero-order chi connectivity index (χ0) is 19.0. The summed E-state index contributed by atoms with van der Waals surface area (Å²) in [5, 5.41) is 13.3. The van der Waals surface area contributed by atoms with E-state index < -0.39 is 11.9 Å². The Morgan fingerprint density at radius 2 is 1.85 bits per heavy atom. The van der Waals surface area contributed by atoms with E-state index in [4.69, 9.17) is 11.6 Å². The van der Waals surface area contributed by atoms with Crippen molar-refractivity contribution >= 4 is 64.1 Å². The molecule has 2 heterocycles. The summed E-state index contributed by atoms with van der Waals surface area (Å²) in [6, 6.07) is 14.4. The Balaban J connectivity index is 1.68. The van der Waals surface area contributed by atoms with Crippen LogP contribution in [0.4, 0.5) is 4.56 Å². The molecule has 0 saturated carbocycles. The van der Waals surface area contributed by atoms with Crippen molar-refractivity contribution in [1.29, 1.82) is 0 Å². The zero-order valence-electron chi connectivity index (χ0n) is 13.6. The van der Waals surface area contributed by atoms with Crippen LogP contribution < -0.4 is 5.32 Å². The molecule has 0 radical (unpaired) electrons. The molecule has 2 N–H and O–H groups in total. The van der Waals surface area contributed by atoms with Crippen molar-refractivity contribution < 1.29 is 14.7 Å². The molecule has 0 aliphatic heterocycles. The van der Waals surface area contributed by atoms with Crippen LogP contribution in [0.15, 0.2) is 53.5 Å². The maximum absolute atomic E-state index is 12.6. The number of nitrogens with zero attached hydrogens (tertiary/aromatic N) is 1. The number of aromatic carboxylic acids is 1. The van der Waals surface area contributed by atoms with E-state index in [9.17, 15) is 14.7 Å². The van der Waals surface area contributed by atoms with Crippen molar-refractivity contribution in [3.63, 3.8) is 0 Å². The van der Waals surface area contributed by atoms with E-state index in [1.807, 2.05) is 29.2 Å². The summed E-state index contributed by atoms with van der Waals surface area (Å²) >= 11 is 6.89. The van der Waals surface area contributed by atoms with Crippen molar-refractivity contribution in [1.82, 2.24) is 4.98 Å². The second kappa shape index (κ2) is 7.29. The minimum absolute atomic E-state index is 0.117. The fraction of sp³-hybridized carbons (Fsp3) is 0. The van der Waals surface area contributed by atoms with Gasteiger partial charge in [-0.25, -0.2) is 0 Å². The van der Waals surface area contributed by atoms with Crippen LogP contribution in [0.5, 0.6) is 0 Å². The van der Waals surface area contributed by atoms with Crippen LogP contribution in [-0.2, 0) is 0 Å². The average molecular weight is 462 g/mol. The van der Waals surface area contributed by atoms with Gasteiger partial charge >= 0.3 is 169 Å². The van der Waals surface area contributed by atoms with Crippen LogP contribution in [-0.4, -0.2) is 36.5 Å². The van der Waals surface area contributed by atoms with Crippen LogP contribution >= 0.6 is 22.9 Å². The average Bonchev–Trinajstić information content (AvgIpc) is 3.26. The molecule has 4 rings (SSSR count). The van der Waals surface area contributed by atoms with Crippen molar-refractivity contribution in [3.05, 3.63) is 69.1 Å². The summed E-state index contributed by atoms with van der Waals surface area (Å²) in [6.45, 7) is 0. The number of halogens is 1. The molecule has 0 aliphatic rings. The molecule has 5 nitrogen and oxygen atoms in total. The van der Waals surface area contributed by atoms with Crippen LogP contribution in [0.25, 0.3) is 21.3 Å². The number of benzene rings is 2. The number of hydrogen-bond acceptors (Lipinski definition) is 4. The summed E-state index contributed by atoms with van der Waals surface area (Å²) in [5.41, 5.74) is 2.21. The van der Waals surface area contributed by atoms with Gasteiger partial charge in [0.1, 0.15) is 0 Å². The second-order valence-corrected chi connectivity index (χ2v) is 8.92. The molecule has 1 amide bonds. The first-order chi connectivity index (χ1) is 13.0. The summed E-state index contributed by atoms with van der Waals surface area (Å²) < 4.78 is 1.33. The van der Waals surface area contributed by atoms with Crippen molar-refractivity contribution in [2.75, 3.05) is 5.32 Å². The third kappa shape index (κ3) is 3.55. The Bertz CT molecular complexity index is 1130. The fourth-order valence-electron chi connectivity index (χ4n) is 2.63. The molecular formula is C19H11ClN2O3SSe. The van der Waals surface area contributed by atoms with Gasteiger partial charge in [0.25, 0.3) is 0 Å². The van der Waals surface area contributed by atoms with Gasteiger partial charge in [-0.3, -0.25) is 0 Å². The number of aromatic nitrogens is 1. The number of rotatable bonds is 4. The van der Waals surface area contributed by atoms with Gasteiger partial charge in [0.15, 0.2) is 0 Å². The normalized spacial score (nSPS) is 10.9. The predicted octanol–water partition coefficient (Wildman–Crippen LogP) is 4.62. The van der Waals surface area contributed by atoms with Crippen LogP contribution in [0, 0.1) is 0 Å². The summed E-state index contributed by atoms with van der Waals surface area (Å²) in [4.78, 5) is 30.6. The molecule has 0 aliphatic carbocycles. The van der Waals surface area contributed by atoms with E-state index in [0.717, 1.165) is 15.8 Å². The van der Waals surface area contributed by atoms with E-state index in [2.05, 4.69) is 10.3 Å². The molecule has 0 atom stereocenters. The molecule has 0 unspecified atom stereocenters. The fourth-order valence-corrected chi connectivity index (χ4v) is 5.62. The number of thiazole rings is 1. The van der Waals surface area contributed by atoms with E-state index in [0.29, 0.717) is 20.2 Å². The molecular weight excluding hydrogens is 451 g/mol. The summed E-state index contributed by atoms with van der Waals surface area (Å²) in [6.07, 6.45) is 0. The second-order valence-electron chi connectivity index (χ2n) is 5.61. The molecule has 134 valence electrons. The number of nitrogens with one attached hydrogen (secondary N) is 1. The molecule has 2 aromatic heterocycles. The molecule has 2 aromatic carbocycles. The first-order valence-electron chi connectivity index (χ1n) is 7.80. The zero-order valence-corrected chi connectivity index (χ0v) is 16.9. The topological polar surface area (TPSA) is 79.3 Å². The van der Waals surface area contributed by atoms with Gasteiger partial charge in [-0.15, -0.1) is 0 Å². The Morgan fingerprint density at radius 1 is 1.11 bits per heavy atom. The Labute approximate surface area is 169 Å². The van der Waals surface area contributed by atoms with E-state index >= 15 is 0 Å². The molecule has 0 fully saturated rings. The molecule has 0 spiro atoms. The first kappa shape index (κ1) is 17.9. The Kier molecular flexibility index (Phi) is 4.84. The number of carbonyl (C=O) groups is 2. The van der Waals surface area contributed by atoms with Gasteiger partial charge in [-0.1, -0.05) is 0 Å². The van der Waals surface area contributed by atoms with E-state index in [1.165, 1.54) is 11.3 Å². The third-order valence-corrected chi connectivity index (χ3v) is 7.04. The van der Waals surface area contributed by atoms with Crippen LogP contribution in [0.3, 0.4) is 0 Å². The number of carboxylic acids is 1. The number of hydrogen-bond donors (Lipinski definition) is 2. The number of fused-ring (bicyclic) bond motifs is 1. The van der Waals surface area contributed by atoms with Gasteiger partial charge in [-0.05, 0) is 0 Å². The molecule has 8 heteroatoms.